The van der Waals surface area contributed by atoms with Crippen LogP contribution in [0.5, 0.6) is 0 Å². The van der Waals surface area contributed by atoms with Crippen molar-refractivity contribution in [3.05, 3.63) is 33.8 Å². The molecule has 0 aliphatic heterocycles. The molecule has 1 aromatic carbocycles. The van der Waals surface area contributed by atoms with Gasteiger partial charge in [0.05, 0.1) is 0 Å². The highest BCUT2D eigenvalue weighted by Gasteiger charge is 2.25. The van der Waals surface area contributed by atoms with Gasteiger partial charge in [-0.2, -0.15) is 0 Å². The molecule has 104 valence electrons. The maximum Gasteiger partial charge on any atom is 0.0328 e. The summed E-state index contributed by atoms with van der Waals surface area (Å²) in [5, 5.41) is 3.95. The van der Waals surface area contributed by atoms with Crippen LogP contribution < -0.4 is 5.32 Å². The minimum atomic E-state index is 0.594. The lowest BCUT2D eigenvalue weighted by Crippen LogP contribution is -2.32. The van der Waals surface area contributed by atoms with Gasteiger partial charge in [-0.25, -0.2) is 0 Å². The van der Waals surface area contributed by atoms with Gasteiger partial charge in [0.2, 0.25) is 0 Å². The topological polar surface area (TPSA) is 12.0 Å². The van der Waals surface area contributed by atoms with Crippen molar-refractivity contribution in [3.8, 4) is 0 Å². The second-order valence-electron chi connectivity index (χ2n) is 6.11. The summed E-state index contributed by atoms with van der Waals surface area (Å²) in [6.07, 6.45) is 12.4. The zero-order valence-electron chi connectivity index (χ0n) is 11.6. The van der Waals surface area contributed by atoms with E-state index in [1.165, 1.54) is 73.4 Å². The van der Waals surface area contributed by atoms with Gasteiger partial charge in [0.1, 0.15) is 0 Å². The largest absolute Gasteiger partial charge is 0.307 e. The first-order chi connectivity index (χ1) is 9.34. The summed E-state index contributed by atoms with van der Waals surface area (Å²) >= 11 is 3.70. The van der Waals surface area contributed by atoms with Crippen LogP contribution in [-0.4, -0.2) is 6.04 Å². The first-order valence-corrected chi connectivity index (χ1v) is 8.67. The molecule has 19 heavy (non-hydrogen) atoms. The van der Waals surface area contributed by atoms with Gasteiger partial charge in [0.15, 0.2) is 0 Å². The zero-order valence-corrected chi connectivity index (χ0v) is 13.2. The third-order valence-corrected chi connectivity index (χ3v) is 5.50. The molecule has 0 aromatic heterocycles. The van der Waals surface area contributed by atoms with Gasteiger partial charge in [0.25, 0.3) is 0 Å². The predicted octanol–water partition coefficient (Wildman–Crippen LogP) is 5.14. The Morgan fingerprint density at radius 1 is 0.947 bits per heavy atom. The van der Waals surface area contributed by atoms with Crippen molar-refractivity contribution in [1.82, 2.24) is 5.32 Å². The number of hydrogen-bond donors (Lipinski definition) is 1. The number of nitrogens with one attached hydrogen (secondary N) is 1. The molecular weight excluding hydrogens is 298 g/mol. The van der Waals surface area contributed by atoms with Crippen molar-refractivity contribution in [2.75, 3.05) is 0 Å². The number of hydrogen-bond acceptors (Lipinski definition) is 1. The highest BCUT2D eigenvalue weighted by atomic mass is 79.9. The van der Waals surface area contributed by atoms with E-state index in [2.05, 4.69) is 39.4 Å². The van der Waals surface area contributed by atoms with Crippen LogP contribution in [0.15, 0.2) is 22.7 Å². The average Bonchev–Trinajstić information content (AvgIpc) is 2.77. The van der Waals surface area contributed by atoms with Crippen LogP contribution in [0, 0.1) is 0 Å². The van der Waals surface area contributed by atoms with E-state index in [9.17, 15) is 0 Å². The molecule has 0 amide bonds. The normalized spacial score (nSPS) is 24.8. The minimum Gasteiger partial charge on any atom is -0.307 e. The molecule has 3 rings (SSSR count). The fraction of sp³-hybridized carbons (Fsp3) is 0.647. The molecule has 1 aromatic rings. The molecule has 1 unspecified atom stereocenters. The summed E-state index contributed by atoms with van der Waals surface area (Å²) in [5.41, 5.74) is 3.07. The van der Waals surface area contributed by atoms with Crippen LogP contribution in [0.25, 0.3) is 0 Å². The van der Waals surface area contributed by atoms with Crippen LogP contribution >= 0.6 is 15.9 Å². The molecule has 0 radical (unpaired) electrons. The van der Waals surface area contributed by atoms with E-state index in [-0.39, 0.29) is 0 Å². The molecule has 0 bridgehead atoms. The summed E-state index contributed by atoms with van der Waals surface area (Å²) in [6.45, 7) is 0. The molecule has 1 saturated carbocycles. The van der Waals surface area contributed by atoms with E-state index in [1.54, 1.807) is 0 Å². The van der Waals surface area contributed by atoms with Gasteiger partial charge >= 0.3 is 0 Å². The van der Waals surface area contributed by atoms with Crippen molar-refractivity contribution in [2.24, 2.45) is 0 Å². The van der Waals surface area contributed by atoms with Gasteiger partial charge in [-0.05, 0) is 42.9 Å². The van der Waals surface area contributed by atoms with Crippen molar-refractivity contribution >= 4 is 15.9 Å². The van der Waals surface area contributed by atoms with Crippen LogP contribution in [-0.2, 0) is 6.42 Å². The Labute approximate surface area is 125 Å². The Bertz CT molecular complexity index is 421. The van der Waals surface area contributed by atoms with E-state index < -0.39 is 0 Å². The number of benzene rings is 1. The Balaban J connectivity index is 1.66. The summed E-state index contributed by atoms with van der Waals surface area (Å²) in [4.78, 5) is 0. The Morgan fingerprint density at radius 3 is 2.47 bits per heavy atom. The van der Waals surface area contributed by atoms with Crippen LogP contribution in [0.1, 0.15) is 68.5 Å². The number of rotatable bonds is 2. The van der Waals surface area contributed by atoms with E-state index in [0.29, 0.717) is 6.04 Å². The van der Waals surface area contributed by atoms with Crippen LogP contribution in [0.2, 0.25) is 0 Å². The molecule has 2 aliphatic rings. The van der Waals surface area contributed by atoms with Crippen LogP contribution in [0.3, 0.4) is 0 Å². The fourth-order valence-corrected chi connectivity index (χ4v) is 4.27. The van der Waals surface area contributed by atoms with Crippen LogP contribution in [0.4, 0.5) is 0 Å². The molecule has 0 heterocycles. The molecule has 2 heteroatoms. The lowest BCUT2D eigenvalue weighted by atomic mass is 9.95. The molecular formula is C17H24BrN. The van der Waals surface area contributed by atoms with E-state index in [0.717, 1.165) is 6.04 Å². The first kappa shape index (κ1) is 13.6. The van der Waals surface area contributed by atoms with Gasteiger partial charge in [-0.3, -0.25) is 0 Å². The van der Waals surface area contributed by atoms with Crippen molar-refractivity contribution in [2.45, 2.75) is 69.9 Å². The van der Waals surface area contributed by atoms with Crippen molar-refractivity contribution in [3.63, 3.8) is 0 Å². The van der Waals surface area contributed by atoms with Gasteiger partial charge in [0, 0.05) is 16.6 Å². The van der Waals surface area contributed by atoms with E-state index in [1.807, 2.05) is 0 Å². The third-order valence-electron chi connectivity index (χ3n) is 4.76. The molecule has 1 atom stereocenters. The summed E-state index contributed by atoms with van der Waals surface area (Å²) < 4.78 is 1.30. The maximum absolute atomic E-state index is 3.95. The quantitative estimate of drug-likeness (QED) is 0.795. The van der Waals surface area contributed by atoms with Gasteiger partial charge in [-0.1, -0.05) is 60.2 Å². The van der Waals surface area contributed by atoms with Gasteiger partial charge in [-0.15, -0.1) is 0 Å². The Kier molecular flexibility index (Phi) is 4.60. The Morgan fingerprint density at radius 2 is 1.68 bits per heavy atom. The maximum atomic E-state index is 3.95. The standard InChI is InChI=1S/C17H24BrN/c18-16-10-6-9-15-14(16)11-12-17(15)19-13-7-4-2-1-3-5-8-13/h6,9-10,13,17,19H,1-5,7-8,11-12H2. The second-order valence-corrected chi connectivity index (χ2v) is 6.96. The number of halogens is 1. The molecule has 0 spiro atoms. The van der Waals surface area contributed by atoms with Crippen molar-refractivity contribution < 1.29 is 0 Å². The Hall–Kier alpha value is -0.340. The van der Waals surface area contributed by atoms with E-state index >= 15 is 0 Å². The number of fused-ring (bicyclic) bond motifs is 1. The molecule has 0 saturated heterocycles. The van der Waals surface area contributed by atoms with Gasteiger partial charge < -0.3 is 5.32 Å². The lowest BCUT2D eigenvalue weighted by Gasteiger charge is -2.25. The monoisotopic (exact) mass is 321 g/mol. The second kappa shape index (κ2) is 6.41. The molecule has 1 fully saturated rings. The molecule has 1 N–H and O–H groups in total. The summed E-state index contributed by atoms with van der Waals surface area (Å²) in [6, 6.07) is 8.01. The molecule has 2 aliphatic carbocycles. The zero-order chi connectivity index (χ0) is 13.1. The molecule has 1 nitrogen and oxygen atoms in total. The smallest absolute Gasteiger partial charge is 0.0328 e. The van der Waals surface area contributed by atoms with E-state index in [4.69, 9.17) is 0 Å². The third kappa shape index (κ3) is 3.22. The highest BCUT2D eigenvalue weighted by molar-refractivity contribution is 9.10. The summed E-state index contributed by atoms with van der Waals surface area (Å²) in [7, 11) is 0. The summed E-state index contributed by atoms with van der Waals surface area (Å²) in [5.74, 6) is 0. The van der Waals surface area contributed by atoms with Crippen molar-refractivity contribution in [1.29, 1.82) is 0 Å². The SMILES string of the molecule is Brc1cccc2c1CCC2NC1CCCCCCC1. The fourth-order valence-electron chi connectivity index (χ4n) is 3.69. The highest BCUT2D eigenvalue weighted by Crippen LogP contribution is 2.36. The average molecular weight is 322 g/mol. The predicted molar refractivity (Wildman–Crippen MR) is 84.4 cm³/mol. The minimum absolute atomic E-state index is 0.594. The first-order valence-electron chi connectivity index (χ1n) is 7.88. The lowest BCUT2D eigenvalue weighted by molar-refractivity contribution is 0.352.